The van der Waals surface area contributed by atoms with E-state index in [1.807, 2.05) is 0 Å². The first-order chi connectivity index (χ1) is 41.8. The van der Waals surface area contributed by atoms with Gasteiger partial charge in [0.05, 0.1) is 31.7 Å². The minimum atomic E-state index is -5.50. The number of benzene rings is 12. The quantitative estimate of drug-likeness (QED) is 0.0810. The number of rotatable bonds is 12. The second-order valence-electron chi connectivity index (χ2n) is 18.7. The predicted octanol–water partition coefficient (Wildman–Crippen LogP) is 6.23. The molecule has 90 heavy (non-hydrogen) atoms. The molecule has 12 aromatic carbocycles. The molecule has 0 atom stereocenters. The van der Waals surface area contributed by atoms with Crippen molar-refractivity contribution < 1.29 is 87.8 Å². The summed E-state index contributed by atoms with van der Waals surface area (Å²) in [6.07, 6.45) is 0. The van der Waals surface area contributed by atoms with Crippen LogP contribution in [0.2, 0.25) is 0 Å². The van der Waals surface area contributed by atoms with E-state index in [1.165, 1.54) is 63.7 Å². The molecule has 0 saturated carbocycles. The number of hydrogen-bond acceptors (Lipinski definition) is 6. The summed E-state index contributed by atoms with van der Waals surface area (Å²) < 4.78 is 66.3. The largest absolute Gasteiger partial charge is 1.00 e. The van der Waals surface area contributed by atoms with Crippen LogP contribution in [-0.4, -0.2) is 40.6 Å². The first-order valence-corrected chi connectivity index (χ1v) is 39.0. The molecule has 0 fully saturated rings. The van der Waals surface area contributed by atoms with Crippen LogP contribution in [-0.2, 0) is 65.6 Å². The van der Waals surface area contributed by atoms with E-state index in [-0.39, 0.29) is 55.7 Å². The van der Waals surface area contributed by atoms with Crippen molar-refractivity contribution in [3.05, 3.63) is 364 Å². The molecule has 0 heterocycles. The molecule has 0 unspecified atom stereocenters. The molecule has 7 N–H and O–H groups in total. The van der Waals surface area contributed by atoms with Gasteiger partial charge in [-0.3, -0.25) is 0 Å². The van der Waals surface area contributed by atoms with Crippen molar-refractivity contribution in [2.75, 3.05) is 0 Å². The zero-order valence-corrected chi connectivity index (χ0v) is 58.9. The molecule has 12 rings (SSSR count). The molecule has 18 heteroatoms. The third kappa shape index (κ3) is 28.1. The monoisotopic (exact) mass is 1590 g/mol. The summed E-state index contributed by atoms with van der Waals surface area (Å²) >= 11 is -11.0. The Labute approximate surface area is 568 Å². The van der Waals surface area contributed by atoms with Crippen molar-refractivity contribution in [3.8, 4) is 0 Å². The topological polar surface area (TPSA) is 219 Å². The first-order valence-electron chi connectivity index (χ1n) is 27.3. The average molecular weight is 1590 g/mol. The molecule has 0 amide bonds. The third-order valence-corrected chi connectivity index (χ3v) is 23.7. The molecule has 468 valence electrons. The van der Waals surface area contributed by atoms with Crippen LogP contribution in [0.1, 0.15) is 0 Å². The third-order valence-electron chi connectivity index (χ3n) is 12.7. The van der Waals surface area contributed by atoms with Crippen molar-refractivity contribution in [3.63, 3.8) is 0 Å². The first kappa shape index (κ1) is 78.1. The van der Waals surface area contributed by atoms with Crippen LogP contribution in [0.4, 0.5) is 0 Å². The van der Waals surface area contributed by atoms with Gasteiger partial charge in [-0.15, -0.1) is 0 Å². The van der Waals surface area contributed by atoms with Gasteiger partial charge in [-0.05, 0) is 146 Å². The molecule has 0 saturated heterocycles. The second-order valence-corrected chi connectivity index (χ2v) is 32.3. The maximum atomic E-state index is 8.70. The number of hydrogen-bond donors (Lipinski definition) is 2. The molecule has 0 aromatic heterocycles. The molecular formula is C72H71Ag2O10P4Se2+5. The fraction of sp³-hybridized carbons (Fsp3) is 0. The maximum Gasteiger partial charge on any atom is 1.00 e. The molecule has 0 aliphatic rings. The summed E-state index contributed by atoms with van der Waals surface area (Å²) in [5.74, 6) is 0. The summed E-state index contributed by atoms with van der Waals surface area (Å²) in [5.41, 5.74) is 0. The Morgan fingerprint density at radius 1 is 0.200 bits per heavy atom. The molecule has 12 aromatic rings. The Morgan fingerprint density at radius 2 is 0.256 bits per heavy atom. The summed E-state index contributed by atoms with van der Waals surface area (Å²) in [4.78, 5) is 0. The van der Waals surface area contributed by atoms with Crippen LogP contribution in [0, 0.1) is 0 Å². The van der Waals surface area contributed by atoms with Gasteiger partial charge in [0, 0.05) is 0 Å². The Bertz CT molecular complexity index is 3110. The van der Waals surface area contributed by atoms with Gasteiger partial charge >= 0.3 is 104 Å². The minimum absolute atomic E-state index is 0. The van der Waals surface area contributed by atoms with E-state index in [0.29, 0.717) is 0 Å². The van der Waals surface area contributed by atoms with Crippen LogP contribution in [0.3, 0.4) is 0 Å². The van der Waals surface area contributed by atoms with E-state index in [0.717, 1.165) is 0 Å². The zero-order valence-electron chi connectivity index (χ0n) is 48.5. The molecule has 0 spiro atoms. The van der Waals surface area contributed by atoms with Crippen LogP contribution < -0.4 is 72.0 Å². The summed E-state index contributed by atoms with van der Waals surface area (Å²) in [6, 6.07) is 130. The molecule has 0 bridgehead atoms. The van der Waals surface area contributed by atoms with E-state index in [1.54, 1.807) is 0 Å². The average Bonchev–Trinajstić information content (AvgIpc) is 2.43. The van der Waals surface area contributed by atoms with Gasteiger partial charge in [-0.1, -0.05) is 218 Å². The summed E-state index contributed by atoms with van der Waals surface area (Å²) in [7, 11) is -3.51. The van der Waals surface area contributed by atoms with Crippen LogP contribution >= 0.6 is 31.7 Å². The molecule has 10 nitrogen and oxygen atoms in total. The van der Waals surface area contributed by atoms with Crippen molar-refractivity contribution >= 4 is 122 Å². The van der Waals surface area contributed by atoms with Gasteiger partial charge in [0.1, 0.15) is 63.7 Å². The van der Waals surface area contributed by atoms with E-state index in [4.69, 9.17) is 32.1 Å². The van der Waals surface area contributed by atoms with E-state index >= 15 is 0 Å². The smallest absolute Gasteiger partial charge is 0.457 e. The Balaban J connectivity index is 0.000000294. The van der Waals surface area contributed by atoms with E-state index < -0.39 is 58.4 Å². The van der Waals surface area contributed by atoms with Crippen molar-refractivity contribution in [1.29, 1.82) is 0 Å². The fourth-order valence-electron chi connectivity index (χ4n) is 9.26. The van der Waals surface area contributed by atoms with Gasteiger partial charge in [0.25, 0.3) is 0 Å². The SMILES string of the molecule is O.O=[Se](=O)([O-])O.O=[Se](=O)([O-])O.[Ag+].[Ag+].[OH3+].c1ccc([PH+](c2ccccc2)c2ccccc2)cc1.c1ccc([PH+](c2ccccc2)c2ccccc2)cc1.c1ccc([PH+](c2ccccc2)c2ccccc2)cc1.c1ccc([PH+](c2ccccc2)c2ccccc2)cc1. The zero-order chi connectivity index (χ0) is 60.7. The van der Waals surface area contributed by atoms with Gasteiger partial charge in [0.2, 0.25) is 0 Å². The summed E-state index contributed by atoms with van der Waals surface area (Å²) in [6.45, 7) is 0. The van der Waals surface area contributed by atoms with Crippen molar-refractivity contribution in [1.82, 2.24) is 0 Å². The predicted molar refractivity (Wildman–Crippen MR) is 373 cm³/mol. The molecular weight excluding hydrogens is 1520 g/mol. The second kappa shape index (κ2) is 42.8. The van der Waals surface area contributed by atoms with E-state index in [2.05, 4.69) is 364 Å². The van der Waals surface area contributed by atoms with Crippen LogP contribution in [0.5, 0.6) is 0 Å². The molecule has 0 aliphatic carbocycles. The molecule has 0 radical (unpaired) electrons. The van der Waals surface area contributed by atoms with Crippen LogP contribution in [0.15, 0.2) is 364 Å². The van der Waals surface area contributed by atoms with Crippen molar-refractivity contribution in [2.24, 2.45) is 0 Å². The maximum absolute atomic E-state index is 8.70. The van der Waals surface area contributed by atoms with Gasteiger partial charge in [-0.25, -0.2) is 0 Å². The van der Waals surface area contributed by atoms with E-state index in [9.17, 15) is 0 Å². The summed E-state index contributed by atoms with van der Waals surface area (Å²) in [5, 5.41) is 17.2. The Hall–Kier alpha value is -6.16. The van der Waals surface area contributed by atoms with Crippen molar-refractivity contribution in [2.45, 2.75) is 0 Å². The van der Waals surface area contributed by atoms with Crippen LogP contribution in [0.25, 0.3) is 0 Å². The normalized spacial score (nSPS) is 10.2. The van der Waals surface area contributed by atoms with Gasteiger partial charge < -0.3 is 11.0 Å². The fourth-order valence-corrected chi connectivity index (χ4v) is 19.6. The standard InChI is InChI=1S/4C18H15P.2Ag.2H2O4Se.2H2O/c4*1-4-10-16(11-5-1)19(17-12-6-2-7-13-17)18-14-8-3-9-15-18;;;2*1-5(2,3)4;;/h4*1-15H;;;2*(H2,1,2,3,4);2*1H2/q;;;;2*+1;;;;/p+3. The Morgan fingerprint density at radius 3 is 0.311 bits per heavy atom. The van der Waals surface area contributed by atoms with Gasteiger partial charge in [-0.2, -0.15) is 0 Å². The van der Waals surface area contributed by atoms with Gasteiger partial charge in [0.15, 0.2) is 0 Å². The Kier molecular flexibility index (Phi) is 37.1. The minimum Gasteiger partial charge on any atom is -0.457 e. The molecule has 0 aliphatic heterocycles.